The van der Waals surface area contributed by atoms with E-state index in [0.717, 1.165) is 18.7 Å². The zero-order chi connectivity index (χ0) is 13.4. The number of rotatable bonds is 7. The maximum absolute atomic E-state index is 12.1. The van der Waals surface area contributed by atoms with Gasteiger partial charge in [0, 0.05) is 32.0 Å². The second-order valence-electron chi connectivity index (χ2n) is 3.99. The summed E-state index contributed by atoms with van der Waals surface area (Å²) in [5, 5.41) is 0. The van der Waals surface area contributed by atoms with Gasteiger partial charge in [-0.05, 0) is 19.4 Å². The average molecular weight is 247 g/mol. The van der Waals surface area contributed by atoms with Crippen LogP contribution in [0.3, 0.4) is 0 Å². The molecule has 0 aliphatic rings. The highest BCUT2D eigenvalue weighted by atomic mass is 16.5. The van der Waals surface area contributed by atoms with Crippen molar-refractivity contribution in [3.8, 4) is 0 Å². The molecule has 98 valence electrons. The molecule has 1 rings (SSSR count). The monoisotopic (exact) mass is 247 g/mol. The van der Waals surface area contributed by atoms with Gasteiger partial charge in [-0.2, -0.15) is 0 Å². The van der Waals surface area contributed by atoms with Gasteiger partial charge in [0.05, 0.1) is 0 Å². The van der Waals surface area contributed by atoms with E-state index >= 15 is 0 Å². The third kappa shape index (κ3) is 4.00. The molecule has 0 N–H and O–H groups in total. The summed E-state index contributed by atoms with van der Waals surface area (Å²) in [6.07, 6.45) is 1.93. The van der Waals surface area contributed by atoms with Crippen LogP contribution in [-0.4, -0.2) is 37.5 Å². The van der Waals surface area contributed by atoms with Gasteiger partial charge in [0.1, 0.15) is 6.61 Å². The predicted molar refractivity (Wildman–Crippen MR) is 74.2 cm³/mol. The normalized spacial score (nSPS) is 11.4. The number of hydrogen-bond acceptors (Lipinski definition) is 3. The van der Waals surface area contributed by atoms with Crippen molar-refractivity contribution < 1.29 is 9.53 Å². The van der Waals surface area contributed by atoms with Gasteiger partial charge >= 0.3 is 0 Å². The van der Waals surface area contributed by atoms with Gasteiger partial charge < -0.3 is 9.64 Å². The maximum Gasteiger partial charge on any atom is 0.190 e. The van der Waals surface area contributed by atoms with Crippen molar-refractivity contribution in [3.05, 3.63) is 42.1 Å². The quantitative estimate of drug-likeness (QED) is 0.694. The first-order valence-corrected chi connectivity index (χ1v) is 6.26. The number of ether oxygens (including phenoxy) is 1. The number of carbonyl (C=O) groups excluding carboxylic acids is 1. The molecular weight excluding hydrogens is 226 g/mol. The van der Waals surface area contributed by atoms with Crippen LogP contribution in [0.1, 0.15) is 19.4 Å². The SMILES string of the molecule is CCN(/C=C(/C(=O)COC)c1ccccc1)CC. The maximum atomic E-state index is 12.1. The molecule has 0 radical (unpaired) electrons. The Balaban J connectivity index is 3.06. The van der Waals surface area contributed by atoms with Gasteiger partial charge in [0.25, 0.3) is 0 Å². The van der Waals surface area contributed by atoms with Crippen molar-refractivity contribution in [2.45, 2.75) is 13.8 Å². The standard InChI is InChI=1S/C15H21NO2/c1-4-16(5-2)11-14(15(17)12-18-3)13-9-7-6-8-10-13/h6-11H,4-5,12H2,1-3H3/b14-11+. The molecule has 0 spiro atoms. The summed E-state index contributed by atoms with van der Waals surface area (Å²) in [6, 6.07) is 9.71. The number of nitrogens with zero attached hydrogens (tertiary/aromatic N) is 1. The molecule has 1 aromatic rings. The fourth-order valence-electron chi connectivity index (χ4n) is 1.72. The molecular formula is C15H21NO2. The molecule has 3 nitrogen and oxygen atoms in total. The lowest BCUT2D eigenvalue weighted by molar-refractivity contribution is -0.117. The minimum Gasteiger partial charge on any atom is -0.377 e. The smallest absolute Gasteiger partial charge is 0.190 e. The Labute approximate surface area is 109 Å². The lowest BCUT2D eigenvalue weighted by Crippen LogP contribution is -2.19. The van der Waals surface area contributed by atoms with Gasteiger partial charge in [-0.15, -0.1) is 0 Å². The molecule has 0 aliphatic carbocycles. The van der Waals surface area contributed by atoms with E-state index < -0.39 is 0 Å². The molecule has 0 fully saturated rings. The Morgan fingerprint density at radius 1 is 1.22 bits per heavy atom. The summed E-state index contributed by atoms with van der Waals surface area (Å²) >= 11 is 0. The van der Waals surface area contributed by atoms with Gasteiger partial charge in [0.15, 0.2) is 5.78 Å². The molecule has 3 heteroatoms. The highest BCUT2D eigenvalue weighted by molar-refractivity contribution is 6.21. The van der Waals surface area contributed by atoms with Crippen molar-refractivity contribution >= 4 is 11.4 Å². The zero-order valence-electron chi connectivity index (χ0n) is 11.3. The molecule has 0 heterocycles. The predicted octanol–water partition coefficient (Wildman–Crippen LogP) is 2.58. The van der Waals surface area contributed by atoms with Crippen LogP contribution < -0.4 is 0 Å². The first kappa shape index (κ1) is 14.5. The summed E-state index contributed by atoms with van der Waals surface area (Å²) in [6.45, 7) is 6.02. The summed E-state index contributed by atoms with van der Waals surface area (Å²) in [5.41, 5.74) is 1.65. The lowest BCUT2D eigenvalue weighted by atomic mass is 10.0. The second-order valence-corrected chi connectivity index (χ2v) is 3.99. The fraction of sp³-hybridized carbons (Fsp3) is 0.400. The molecule has 1 aromatic carbocycles. The minimum atomic E-state index is 0.00981. The largest absolute Gasteiger partial charge is 0.377 e. The number of Topliss-reactive ketones (excluding diaryl/α,β-unsaturated/α-hetero) is 1. The van der Waals surface area contributed by atoms with E-state index in [9.17, 15) is 4.79 Å². The van der Waals surface area contributed by atoms with E-state index in [4.69, 9.17) is 4.74 Å². The van der Waals surface area contributed by atoms with E-state index in [-0.39, 0.29) is 12.4 Å². The number of carbonyl (C=O) groups is 1. The molecule has 0 saturated heterocycles. The molecule has 0 saturated carbocycles. The van der Waals surface area contributed by atoms with Crippen LogP contribution in [0.25, 0.3) is 5.57 Å². The van der Waals surface area contributed by atoms with Crippen molar-refractivity contribution in [1.29, 1.82) is 0 Å². The van der Waals surface area contributed by atoms with Crippen molar-refractivity contribution in [3.63, 3.8) is 0 Å². The molecule has 0 aliphatic heterocycles. The Morgan fingerprint density at radius 3 is 2.33 bits per heavy atom. The average Bonchev–Trinajstić information content (AvgIpc) is 2.41. The first-order valence-electron chi connectivity index (χ1n) is 6.26. The van der Waals surface area contributed by atoms with Gasteiger partial charge in [-0.3, -0.25) is 4.79 Å². The van der Waals surface area contributed by atoms with Crippen molar-refractivity contribution in [2.24, 2.45) is 0 Å². The van der Waals surface area contributed by atoms with E-state index in [0.29, 0.717) is 5.57 Å². The Kier molecular flexibility index (Phi) is 6.15. The van der Waals surface area contributed by atoms with Gasteiger partial charge in [0.2, 0.25) is 0 Å². The van der Waals surface area contributed by atoms with Crippen molar-refractivity contribution in [2.75, 3.05) is 26.8 Å². The molecule has 0 aromatic heterocycles. The van der Waals surface area contributed by atoms with Crippen LogP contribution in [0.5, 0.6) is 0 Å². The number of methoxy groups -OCH3 is 1. The van der Waals surface area contributed by atoms with Crippen molar-refractivity contribution in [1.82, 2.24) is 4.90 Å². The van der Waals surface area contributed by atoms with Crippen LogP contribution in [-0.2, 0) is 9.53 Å². The number of ketones is 1. The molecule has 18 heavy (non-hydrogen) atoms. The first-order chi connectivity index (χ1) is 8.72. The minimum absolute atomic E-state index is 0.00981. The summed E-state index contributed by atoms with van der Waals surface area (Å²) in [4.78, 5) is 14.2. The highest BCUT2D eigenvalue weighted by Crippen LogP contribution is 2.16. The fourth-order valence-corrected chi connectivity index (χ4v) is 1.72. The second kappa shape index (κ2) is 7.67. The summed E-state index contributed by atoms with van der Waals surface area (Å²) in [7, 11) is 1.54. The van der Waals surface area contributed by atoms with Crippen LogP contribution >= 0.6 is 0 Å². The topological polar surface area (TPSA) is 29.5 Å². The number of hydrogen-bond donors (Lipinski definition) is 0. The van der Waals surface area contributed by atoms with Gasteiger partial charge in [-0.25, -0.2) is 0 Å². The van der Waals surface area contributed by atoms with E-state index in [1.54, 1.807) is 0 Å². The molecule has 0 bridgehead atoms. The number of benzene rings is 1. The molecule has 0 amide bonds. The Hall–Kier alpha value is -1.61. The van der Waals surface area contributed by atoms with E-state index in [2.05, 4.69) is 18.7 Å². The summed E-state index contributed by atoms with van der Waals surface area (Å²) in [5.74, 6) is 0.00981. The third-order valence-corrected chi connectivity index (χ3v) is 2.78. The molecule has 0 unspecified atom stereocenters. The van der Waals surface area contributed by atoms with E-state index in [1.807, 2.05) is 36.5 Å². The lowest BCUT2D eigenvalue weighted by Gasteiger charge is -2.18. The highest BCUT2D eigenvalue weighted by Gasteiger charge is 2.12. The van der Waals surface area contributed by atoms with Crippen LogP contribution in [0.15, 0.2) is 36.5 Å². The zero-order valence-corrected chi connectivity index (χ0v) is 11.3. The van der Waals surface area contributed by atoms with Gasteiger partial charge in [-0.1, -0.05) is 30.3 Å². The summed E-state index contributed by atoms with van der Waals surface area (Å²) < 4.78 is 4.95. The third-order valence-electron chi connectivity index (χ3n) is 2.78. The molecule has 0 atom stereocenters. The van der Waals surface area contributed by atoms with Crippen LogP contribution in [0.2, 0.25) is 0 Å². The Morgan fingerprint density at radius 2 is 1.83 bits per heavy atom. The Bertz CT molecular complexity index is 394. The van der Waals surface area contributed by atoms with E-state index in [1.165, 1.54) is 7.11 Å². The van der Waals surface area contributed by atoms with Crippen LogP contribution in [0, 0.1) is 0 Å². The van der Waals surface area contributed by atoms with Crippen LogP contribution in [0.4, 0.5) is 0 Å².